The molecule has 0 aromatic carbocycles. The van der Waals surface area contributed by atoms with Gasteiger partial charge in [-0.2, -0.15) is 0 Å². The molecule has 0 aromatic heterocycles. The average molecular weight is 244 g/mol. The van der Waals surface area contributed by atoms with E-state index in [9.17, 15) is 14.7 Å². The van der Waals surface area contributed by atoms with Crippen molar-refractivity contribution in [2.75, 3.05) is 13.7 Å². The molecule has 3 N–H and O–H groups in total. The molecule has 0 aromatic rings. The number of carbonyl (C=O) groups excluding carboxylic acids is 2. The third-order valence-corrected chi connectivity index (χ3v) is 2.47. The van der Waals surface area contributed by atoms with E-state index in [-0.39, 0.29) is 13.0 Å². The van der Waals surface area contributed by atoms with Gasteiger partial charge in [0.2, 0.25) is 0 Å². The zero-order valence-corrected chi connectivity index (χ0v) is 9.44. The summed E-state index contributed by atoms with van der Waals surface area (Å²) >= 11 is 0. The van der Waals surface area contributed by atoms with Crippen molar-refractivity contribution in [1.82, 2.24) is 10.2 Å². The molecule has 1 fully saturated rings. The van der Waals surface area contributed by atoms with Crippen LogP contribution in [0, 0.1) is 0 Å². The number of nitrogens with one attached hydrogen (secondary N) is 1. The Balaban J connectivity index is 2.74. The summed E-state index contributed by atoms with van der Waals surface area (Å²) in [7, 11) is 1.44. The topological polar surface area (TPSA) is 99.1 Å². The lowest BCUT2D eigenvalue weighted by molar-refractivity contribution is -0.104. The first-order valence-corrected chi connectivity index (χ1v) is 5.20. The highest BCUT2D eigenvalue weighted by molar-refractivity contribution is 5.76. The Morgan fingerprint density at radius 1 is 1.65 bits per heavy atom. The minimum absolute atomic E-state index is 0.182. The Morgan fingerprint density at radius 2 is 2.35 bits per heavy atom. The van der Waals surface area contributed by atoms with Gasteiger partial charge in [-0.25, -0.2) is 4.79 Å². The van der Waals surface area contributed by atoms with E-state index in [2.05, 4.69) is 5.32 Å². The second-order valence-electron chi connectivity index (χ2n) is 3.55. The molecule has 1 saturated heterocycles. The first-order valence-electron chi connectivity index (χ1n) is 5.20. The fourth-order valence-electron chi connectivity index (χ4n) is 1.60. The number of aldehydes is 1. The van der Waals surface area contributed by atoms with Crippen LogP contribution in [0.3, 0.4) is 0 Å². The van der Waals surface area contributed by atoms with Gasteiger partial charge in [0.1, 0.15) is 18.6 Å². The summed E-state index contributed by atoms with van der Waals surface area (Å²) in [5.41, 5.74) is 0. The van der Waals surface area contributed by atoms with Crippen LogP contribution in [0.1, 0.15) is 6.42 Å². The van der Waals surface area contributed by atoms with Crippen LogP contribution < -0.4 is 5.32 Å². The molecule has 0 bridgehead atoms. The SMILES string of the molecule is CNC(=O)N(/C=C\C=O)C1CC(O)C(CO)O1. The predicted molar refractivity (Wildman–Crippen MR) is 57.9 cm³/mol. The zero-order valence-electron chi connectivity index (χ0n) is 9.44. The molecule has 3 unspecified atom stereocenters. The summed E-state index contributed by atoms with van der Waals surface area (Å²) in [6.07, 6.45) is 0.893. The summed E-state index contributed by atoms with van der Waals surface area (Å²) in [6, 6.07) is -0.459. The Hall–Kier alpha value is -1.44. The molecule has 17 heavy (non-hydrogen) atoms. The summed E-state index contributed by atoms with van der Waals surface area (Å²) in [5.74, 6) is 0. The average Bonchev–Trinajstić information content (AvgIpc) is 2.70. The van der Waals surface area contributed by atoms with Crippen molar-refractivity contribution in [2.45, 2.75) is 24.9 Å². The van der Waals surface area contributed by atoms with E-state index in [4.69, 9.17) is 9.84 Å². The van der Waals surface area contributed by atoms with E-state index in [1.54, 1.807) is 0 Å². The number of aliphatic hydroxyl groups excluding tert-OH is 2. The van der Waals surface area contributed by atoms with Crippen molar-refractivity contribution in [1.29, 1.82) is 0 Å². The van der Waals surface area contributed by atoms with Crippen molar-refractivity contribution < 1.29 is 24.5 Å². The van der Waals surface area contributed by atoms with Gasteiger partial charge in [0.25, 0.3) is 0 Å². The van der Waals surface area contributed by atoms with Crippen LogP contribution in [0.4, 0.5) is 4.79 Å². The fourth-order valence-corrected chi connectivity index (χ4v) is 1.60. The largest absolute Gasteiger partial charge is 0.394 e. The number of hydrogen-bond acceptors (Lipinski definition) is 5. The molecule has 0 aliphatic carbocycles. The van der Waals surface area contributed by atoms with Gasteiger partial charge in [-0.05, 0) is 6.08 Å². The molecule has 0 spiro atoms. The lowest BCUT2D eigenvalue weighted by atomic mass is 10.2. The van der Waals surface area contributed by atoms with Gasteiger partial charge < -0.3 is 20.3 Å². The summed E-state index contributed by atoms with van der Waals surface area (Å²) in [5, 5.41) is 20.9. The van der Waals surface area contributed by atoms with Gasteiger partial charge in [-0.15, -0.1) is 0 Å². The Kier molecular flexibility index (Phi) is 5.08. The monoisotopic (exact) mass is 244 g/mol. The number of rotatable bonds is 4. The van der Waals surface area contributed by atoms with Crippen LogP contribution in [0.15, 0.2) is 12.3 Å². The third-order valence-electron chi connectivity index (χ3n) is 2.47. The molecule has 1 rings (SSSR count). The molecule has 96 valence electrons. The number of carbonyl (C=O) groups is 2. The van der Waals surface area contributed by atoms with Gasteiger partial charge in [0.15, 0.2) is 0 Å². The minimum Gasteiger partial charge on any atom is -0.394 e. The van der Waals surface area contributed by atoms with E-state index in [1.807, 2.05) is 0 Å². The van der Waals surface area contributed by atoms with Crippen LogP contribution in [-0.4, -0.2) is 59.5 Å². The van der Waals surface area contributed by atoms with Gasteiger partial charge in [0.05, 0.1) is 12.7 Å². The first-order chi connectivity index (χ1) is 8.13. The van der Waals surface area contributed by atoms with Crippen molar-refractivity contribution in [2.24, 2.45) is 0 Å². The van der Waals surface area contributed by atoms with Crippen LogP contribution in [0.25, 0.3) is 0 Å². The first kappa shape index (κ1) is 13.6. The molecule has 3 atom stereocenters. The molecule has 1 aliphatic rings. The number of aliphatic hydroxyl groups is 2. The lowest BCUT2D eigenvalue weighted by Crippen LogP contribution is -2.41. The van der Waals surface area contributed by atoms with E-state index in [1.165, 1.54) is 13.2 Å². The maximum atomic E-state index is 11.5. The second kappa shape index (κ2) is 6.33. The molecular formula is C10H16N2O5. The van der Waals surface area contributed by atoms with Crippen LogP contribution in [0.2, 0.25) is 0 Å². The number of ether oxygens (including phenoxy) is 1. The standard InChI is InChI=1S/C10H16N2O5/c1-11-10(16)12(3-2-4-13)9-5-7(15)8(6-14)17-9/h2-4,7-9,14-15H,5-6H2,1H3,(H,11,16)/b3-2-. The number of allylic oxidation sites excluding steroid dienone is 1. The van der Waals surface area contributed by atoms with Crippen molar-refractivity contribution in [3.8, 4) is 0 Å². The molecule has 0 radical (unpaired) electrons. The van der Waals surface area contributed by atoms with E-state index < -0.39 is 24.5 Å². The minimum atomic E-state index is -0.832. The number of amides is 2. The summed E-state index contributed by atoms with van der Waals surface area (Å²) in [6.45, 7) is -0.323. The number of urea groups is 1. The van der Waals surface area contributed by atoms with Crippen LogP contribution in [-0.2, 0) is 9.53 Å². The normalized spacial score (nSPS) is 28.3. The van der Waals surface area contributed by atoms with Crippen LogP contribution in [0.5, 0.6) is 0 Å². The quantitative estimate of drug-likeness (QED) is 0.426. The maximum Gasteiger partial charge on any atom is 0.323 e. The number of nitrogens with zero attached hydrogens (tertiary/aromatic N) is 1. The lowest BCUT2D eigenvalue weighted by Gasteiger charge is -2.24. The van der Waals surface area contributed by atoms with Gasteiger partial charge >= 0.3 is 6.03 Å². The van der Waals surface area contributed by atoms with Crippen molar-refractivity contribution in [3.05, 3.63) is 12.3 Å². The highest BCUT2D eigenvalue weighted by Gasteiger charge is 2.37. The Labute approximate surface area is 98.7 Å². The highest BCUT2D eigenvalue weighted by atomic mass is 16.5. The third kappa shape index (κ3) is 3.26. The molecule has 1 heterocycles. The van der Waals surface area contributed by atoms with E-state index >= 15 is 0 Å². The van der Waals surface area contributed by atoms with Gasteiger partial charge in [-0.1, -0.05) is 0 Å². The molecule has 2 amide bonds. The Morgan fingerprint density at radius 3 is 2.82 bits per heavy atom. The molecule has 7 nitrogen and oxygen atoms in total. The summed E-state index contributed by atoms with van der Waals surface area (Å²) in [4.78, 5) is 22.9. The molecule has 7 heteroatoms. The summed E-state index contributed by atoms with van der Waals surface area (Å²) < 4.78 is 5.30. The number of hydrogen-bond donors (Lipinski definition) is 3. The van der Waals surface area contributed by atoms with E-state index in [0.29, 0.717) is 6.29 Å². The van der Waals surface area contributed by atoms with Gasteiger partial charge in [0, 0.05) is 19.7 Å². The second-order valence-corrected chi connectivity index (χ2v) is 3.55. The van der Waals surface area contributed by atoms with Crippen molar-refractivity contribution >= 4 is 12.3 Å². The van der Waals surface area contributed by atoms with E-state index in [0.717, 1.165) is 11.0 Å². The molecule has 0 saturated carbocycles. The van der Waals surface area contributed by atoms with Crippen LogP contribution >= 0.6 is 0 Å². The predicted octanol–water partition coefficient (Wildman–Crippen LogP) is -1.19. The van der Waals surface area contributed by atoms with Gasteiger partial charge in [-0.3, -0.25) is 9.69 Å². The highest BCUT2D eigenvalue weighted by Crippen LogP contribution is 2.23. The molecule has 1 aliphatic heterocycles. The fraction of sp³-hybridized carbons (Fsp3) is 0.600. The zero-order chi connectivity index (χ0) is 12.8. The smallest absolute Gasteiger partial charge is 0.323 e. The Bertz CT molecular complexity index is 307. The molecular weight excluding hydrogens is 228 g/mol. The van der Waals surface area contributed by atoms with Crippen molar-refractivity contribution in [3.63, 3.8) is 0 Å². The maximum absolute atomic E-state index is 11.5.